The minimum absolute atomic E-state index is 0. The molecular formula is C16H18BrNO5. The Morgan fingerprint density at radius 2 is 1.96 bits per heavy atom. The average Bonchev–Trinajstić information content (AvgIpc) is 2.55. The van der Waals surface area contributed by atoms with E-state index in [2.05, 4.69) is 20.7 Å². The van der Waals surface area contributed by atoms with E-state index in [9.17, 15) is 9.59 Å². The number of rotatable bonds is 2. The maximum Gasteiger partial charge on any atom is 0.337 e. The predicted molar refractivity (Wildman–Crippen MR) is 91.3 cm³/mol. The van der Waals surface area contributed by atoms with E-state index in [-0.39, 0.29) is 12.9 Å². The molecule has 0 atom stereocenters. The molecular weight excluding hydrogens is 366 g/mol. The number of methoxy groups -OCH3 is 1. The van der Waals surface area contributed by atoms with Crippen molar-refractivity contribution in [2.24, 2.45) is 0 Å². The molecule has 1 aromatic carbocycles. The molecule has 3 rings (SSSR count). The molecule has 0 spiro atoms. The molecule has 1 aromatic heterocycles. The van der Waals surface area contributed by atoms with Crippen molar-refractivity contribution in [3.8, 4) is 0 Å². The summed E-state index contributed by atoms with van der Waals surface area (Å²) < 4.78 is 16.4. The van der Waals surface area contributed by atoms with Gasteiger partial charge >= 0.3 is 5.97 Å². The van der Waals surface area contributed by atoms with Crippen LogP contribution in [0.1, 0.15) is 17.8 Å². The lowest BCUT2D eigenvalue weighted by Gasteiger charge is -2.27. The van der Waals surface area contributed by atoms with Gasteiger partial charge in [0.15, 0.2) is 16.9 Å². The predicted octanol–water partition coefficient (Wildman–Crippen LogP) is 2.81. The zero-order valence-electron chi connectivity index (χ0n) is 11.9. The molecule has 1 aliphatic heterocycles. The van der Waals surface area contributed by atoms with Crippen molar-refractivity contribution in [1.82, 2.24) is 0 Å². The summed E-state index contributed by atoms with van der Waals surface area (Å²) in [4.78, 5) is 26.0. The number of halogens is 1. The third-order valence-electron chi connectivity index (χ3n) is 3.51. The maximum absolute atomic E-state index is 12.4. The number of fused-ring (bicyclic) bond motifs is 1. The minimum atomic E-state index is -0.501. The van der Waals surface area contributed by atoms with Gasteiger partial charge < -0.3 is 18.8 Å². The number of hydrogen-bond acceptors (Lipinski definition) is 6. The van der Waals surface area contributed by atoms with Crippen molar-refractivity contribution >= 4 is 38.8 Å². The molecule has 0 aliphatic carbocycles. The molecule has 1 saturated heterocycles. The van der Waals surface area contributed by atoms with Crippen molar-refractivity contribution < 1.29 is 18.7 Å². The molecule has 2 heterocycles. The summed E-state index contributed by atoms with van der Waals surface area (Å²) in [6.07, 6.45) is 0. The number of esters is 1. The topological polar surface area (TPSA) is 69.0 Å². The van der Waals surface area contributed by atoms with E-state index in [4.69, 9.17) is 9.15 Å². The number of hydrogen-bond donors (Lipinski definition) is 0. The molecule has 23 heavy (non-hydrogen) atoms. The molecule has 0 saturated carbocycles. The highest BCUT2D eigenvalue weighted by atomic mass is 79.9. The first-order chi connectivity index (χ1) is 10.6. The Labute approximate surface area is 142 Å². The van der Waals surface area contributed by atoms with Gasteiger partial charge in [-0.15, -0.1) is 0 Å². The fraction of sp³-hybridized carbons (Fsp3) is 0.375. The number of carbonyl (C=O) groups excluding carboxylic acids is 1. The van der Waals surface area contributed by atoms with E-state index in [1.165, 1.54) is 19.2 Å². The number of ether oxygens (including phenoxy) is 2. The summed E-state index contributed by atoms with van der Waals surface area (Å²) >= 11 is 3.35. The molecule has 7 heteroatoms. The minimum Gasteiger partial charge on any atom is -0.465 e. The van der Waals surface area contributed by atoms with E-state index in [1.54, 1.807) is 6.07 Å². The van der Waals surface area contributed by atoms with Crippen LogP contribution in [-0.4, -0.2) is 39.4 Å². The lowest BCUT2D eigenvalue weighted by atomic mass is 10.1. The van der Waals surface area contributed by atoms with E-state index in [0.29, 0.717) is 53.2 Å². The first kappa shape index (κ1) is 17.5. The summed E-state index contributed by atoms with van der Waals surface area (Å²) in [5.41, 5.74) is 0.518. The van der Waals surface area contributed by atoms with Gasteiger partial charge in [-0.2, -0.15) is 0 Å². The van der Waals surface area contributed by atoms with Crippen LogP contribution < -0.4 is 10.3 Å². The molecule has 2 aromatic rings. The number of anilines is 1. The Kier molecular flexibility index (Phi) is 5.43. The zero-order chi connectivity index (χ0) is 15.7. The van der Waals surface area contributed by atoms with Gasteiger partial charge in [0.05, 0.1) is 35.7 Å². The molecule has 124 valence electrons. The van der Waals surface area contributed by atoms with Crippen molar-refractivity contribution in [2.75, 3.05) is 38.3 Å². The Bertz CT molecular complexity index is 780. The van der Waals surface area contributed by atoms with Gasteiger partial charge in [0, 0.05) is 19.2 Å². The summed E-state index contributed by atoms with van der Waals surface area (Å²) in [7, 11) is 1.30. The molecule has 0 unspecified atom stereocenters. The largest absolute Gasteiger partial charge is 0.465 e. The highest BCUT2D eigenvalue weighted by molar-refractivity contribution is 9.10. The van der Waals surface area contributed by atoms with Gasteiger partial charge in [0.2, 0.25) is 0 Å². The van der Waals surface area contributed by atoms with Crippen LogP contribution in [0.4, 0.5) is 5.88 Å². The average molecular weight is 384 g/mol. The van der Waals surface area contributed by atoms with E-state index in [1.807, 2.05) is 4.90 Å². The third kappa shape index (κ3) is 3.40. The van der Waals surface area contributed by atoms with Gasteiger partial charge in [0.1, 0.15) is 0 Å². The van der Waals surface area contributed by atoms with Crippen molar-refractivity contribution in [3.05, 3.63) is 38.5 Å². The quantitative estimate of drug-likeness (QED) is 0.742. The van der Waals surface area contributed by atoms with Crippen LogP contribution in [0, 0.1) is 0 Å². The van der Waals surface area contributed by atoms with Gasteiger partial charge in [-0.05, 0) is 28.1 Å². The number of nitrogens with zero attached hydrogens (tertiary/aromatic N) is 1. The Morgan fingerprint density at radius 3 is 2.61 bits per heavy atom. The standard InChI is InChI=1S/C15H14BrNO5.CH4/c1-20-15(19)9-6-10-12(18)8-13(17-2-4-21-5-3-17)22-14(10)11(16)7-9;/h6-8H,2-5H2,1H3;1H4. The van der Waals surface area contributed by atoms with Crippen LogP contribution in [0.2, 0.25) is 0 Å². The van der Waals surface area contributed by atoms with Crippen LogP contribution >= 0.6 is 15.9 Å². The molecule has 1 aliphatic rings. The SMILES string of the molecule is C.COC(=O)c1cc(Br)c2oc(N3CCOCC3)cc(=O)c2c1. The highest BCUT2D eigenvalue weighted by Crippen LogP contribution is 2.28. The Hall–Kier alpha value is -1.86. The first-order valence-electron chi connectivity index (χ1n) is 6.78. The van der Waals surface area contributed by atoms with Gasteiger partial charge in [-0.1, -0.05) is 7.43 Å². The molecule has 0 amide bonds. The van der Waals surface area contributed by atoms with Crippen molar-refractivity contribution in [2.45, 2.75) is 7.43 Å². The number of benzene rings is 1. The number of carbonyl (C=O) groups is 1. The molecule has 6 nitrogen and oxygen atoms in total. The molecule has 1 fully saturated rings. The second-order valence-electron chi connectivity index (χ2n) is 4.87. The van der Waals surface area contributed by atoms with E-state index >= 15 is 0 Å². The monoisotopic (exact) mass is 383 g/mol. The van der Waals surface area contributed by atoms with Crippen LogP contribution in [0.5, 0.6) is 0 Å². The summed E-state index contributed by atoms with van der Waals surface area (Å²) in [5.74, 6) is 0.00609. The fourth-order valence-electron chi connectivity index (χ4n) is 2.38. The Balaban J connectivity index is 0.00000192. The zero-order valence-corrected chi connectivity index (χ0v) is 13.5. The van der Waals surface area contributed by atoms with Crippen LogP contribution in [0.15, 0.2) is 31.9 Å². The van der Waals surface area contributed by atoms with Gasteiger partial charge in [-0.3, -0.25) is 4.79 Å². The van der Waals surface area contributed by atoms with Crippen molar-refractivity contribution in [3.63, 3.8) is 0 Å². The summed E-state index contributed by atoms with van der Waals surface area (Å²) in [6.45, 7) is 2.55. The van der Waals surface area contributed by atoms with Crippen molar-refractivity contribution in [1.29, 1.82) is 0 Å². The van der Waals surface area contributed by atoms with E-state index < -0.39 is 5.97 Å². The van der Waals surface area contributed by atoms with Gasteiger partial charge in [0.25, 0.3) is 0 Å². The number of morpholine rings is 1. The van der Waals surface area contributed by atoms with Crippen LogP contribution in [0.25, 0.3) is 11.0 Å². The van der Waals surface area contributed by atoms with Crippen LogP contribution in [0.3, 0.4) is 0 Å². The van der Waals surface area contributed by atoms with Gasteiger partial charge in [-0.25, -0.2) is 4.79 Å². The smallest absolute Gasteiger partial charge is 0.337 e. The molecule has 0 bridgehead atoms. The summed E-state index contributed by atoms with van der Waals surface area (Å²) in [6, 6.07) is 4.52. The van der Waals surface area contributed by atoms with E-state index in [0.717, 1.165) is 0 Å². The fourth-order valence-corrected chi connectivity index (χ4v) is 2.92. The lowest BCUT2D eigenvalue weighted by Crippen LogP contribution is -2.36. The maximum atomic E-state index is 12.4. The second-order valence-corrected chi connectivity index (χ2v) is 5.73. The highest BCUT2D eigenvalue weighted by Gasteiger charge is 2.18. The summed E-state index contributed by atoms with van der Waals surface area (Å²) in [5, 5.41) is 0.340. The normalized spacial score (nSPS) is 14.4. The first-order valence-corrected chi connectivity index (χ1v) is 7.58. The van der Waals surface area contributed by atoms with Crippen LogP contribution in [-0.2, 0) is 9.47 Å². The second kappa shape index (κ2) is 7.14. The Morgan fingerprint density at radius 1 is 1.26 bits per heavy atom. The molecule has 0 N–H and O–H groups in total. The lowest BCUT2D eigenvalue weighted by molar-refractivity contribution is 0.0601. The third-order valence-corrected chi connectivity index (χ3v) is 4.10. The molecule has 0 radical (unpaired) electrons.